The summed E-state index contributed by atoms with van der Waals surface area (Å²) in [5.41, 5.74) is 7.57. The molecule has 1 fully saturated rings. The van der Waals surface area contributed by atoms with E-state index >= 15 is 0 Å². The second-order valence-electron chi connectivity index (χ2n) is 4.58. The van der Waals surface area contributed by atoms with E-state index in [2.05, 4.69) is 9.88 Å². The average Bonchev–Trinajstić information content (AvgIpc) is 2.41. The molecule has 2 N–H and O–H groups in total. The smallest absolute Gasteiger partial charge is 0.323 e. The molecule has 1 unspecified atom stereocenters. The summed E-state index contributed by atoms with van der Waals surface area (Å²) >= 11 is 0. The lowest BCUT2D eigenvalue weighted by atomic mass is 10.0. The third kappa shape index (κ3) is 2.79. The number of pyridine rings is 1. The number of likely N-dealkylation sites (tertiary alicyclic amines) is 1. The Morgan fingerprint density at radius 3 is 3.17 bits per heavy atom. The van der Waals surface area contributed by atoms with Gasteiger partial charge < -0.3 is 10.5 Å². The minimum absolute atomic E-state index is 0.142. The summed E-state index contributed by atoms with van der Waals surface area (Å²) in [6, 6.07) is 1.76. The van der Waals surface area contributed by atoms with Crippen LogP contribution in [-0.2, 0) is 16.1 Å². The number of esters is 1. The Labute approximate surface area is 107 Å². The van der Waals surface area contributed by atoms with E-state index in [0.717, 1.165) is 31.4 Å². The lowest BCUT2D eigenvalue weighted by Gasteiger charge is -2.33. The molecule has 1 aromatic rings. The Hall–Kier alpha value is -1.62. The van der Waals surface area contributed by atoms with Gasteiger partial charge in [0.05, 0.1) is 19.0 Å². The summed E-state index contributed by atoms with van der Waals surface area (Å²) in [5.74, 6) is -0.151. The number of carbonyl (C=O) groups is 1. The molecule has 1 saturated heterocycles. The molecule has 0 spiro atoms. The van der Waals surface area contributed by atoms with Crippen molar-refractivity contribution in [2.45, 2.75) is 31.8 Å². The lowest BCUT2D eigenvalue weighted by Crippen LogP contribution is -2.44. The largest absolute Gasteiger partial charge is 0.468 e. The van der Waals surface area contributed by atoms with Crippen molar-refractivity contribution >= 4 is 11.7 Å². The van der Waals surface area contributed by atoms with E-state index in [1.54, 1.807) is 12.4 Å². The highest BCUT2D eigenvalue weighted by molar-refractivity contribution is 5.75. The summed E-state index contributed by atoms with van der Waals surface area (Å²) in [6.45, 7) is 1.58. The molecule has 2 rings (SSSR count). The first-order valence-corrected chi connectivity index (χ1v) is 6.22. The van der Waals surface area contributed by atoms with E-state index in [-0.39, 0.29) is 12.0 Å². The fourth-order valence-corrected chi connectivity index (χ4v) is 2.38. The molecule has 2 heterocycles. The maximum Gasteiger partial charge on any atom is 0.323 e. The summed E-state index contributed by atoms with van der Waals surface area (Å²) in [6.07, 6.45) is 6.41. The van der Waals surface area contributed by atoms with Gasteiger partial charge in [-0.3, -0.25) is 14.7 Å². The number of hydrogen-bond acceptors (Lipinski definition) is 5. The molecule has 0 aromatic carbocycles. The third-order valence-electron chi connectivity index (χ3n) is 3.41. The monoisotopic (exact) mass is 249 g/mol. The maximum absolute atomic E-state index is 11.7. The Bertz CT molecular complexity index is 422. The predicted octanol–water partition coefficient (Wildman–Crippen LogP) is 1.19. The number of hydrogen-bond donors (Lipinski definition) is 1. The minimum Gasteiger partial charge on any atom is -0.468 e. The van der Waals surface area contributed by atoms with Gasteiger partial charge in [0.2, 0.25) is 0 Å². The number of rotatable bonds is 3. The number of ether oxygens (including phenoxy) is 1. The number of piperidine rings is 1. The Kier molecular flexibility index (Phi) is 4.15. The van der Waals surface area contributed by atoms with Crippen molar-refractivity contribution in [2.24, 2.45) is 0 Å². The van der Waals surface area contributed by atoms with Crippen LogP contribution in [0.25, 0.3) is 0 Å². The van der Waals surface area contributed by atoms with Crippen LogP contribution in [-0.4, -0.2) is 35.5 Å². The SMILES string of the molecule is COC(=O)C1CCCCN1Cc1ccncc1N. The zero-order valence-electron chi connectivity index (χ0n) is 10.6. The molecular formula is C13H19N3O2. The van der Waals surface area contributed by atoms with Crippen molar-refractivity contribution < 1.29 is 9.53 Å². The number of carbonyl (C=O) groups excluding carboxylic acids is 1. The van der Waals surface area contributed by atoms with Crippen LogP contribution in [0.15, 0.2) is 18.5 Å². The molecule has 1 aromatic heterocycles. The van der Waals surface area contributed by atoms with E-state index in [9.17, 15) is 4.79 Å². The molecule has 98 valence electrons. The molecule has 1 aliphatic rings. The van der Waals surface area contributed by atoms with Crippen LogP contribution in [0, 0.1) is 0 Å². The zero-order valence-corrected chi connectivity index (χ0v) is 10.6. The van der Waals surface area contributed by atoms with Crippen LogP contribution in [0.3, 0.4) is 0 Å². The molecule has 1 atom stereocenters. The molecule has 0 radical (unpaired) electrons. The van der Waals surface area contributed by atoms with E-state index in [0.29, 0.717) is 12.2 Å². The number of aromatic nitrogens is 1. The van der Waals surface area contributed by atoms with Crippen LogP contribution in [0.4, 0.5) is 5.69 Å². The van der Waals surface area contributed by atoms with Crippen LogP contribution in [0.5, 0.6) is 0 Å². The highest BCUT2D eigenvalue weighted by Gasteiger charge is 2.29. The summed E-state index contributed by atoms with van der Waals surface area (Å²) in [5, 5.41) is 0. The second-order valence-corrected chi connectivity index (χ2v) is 4.58. The molecule has 5 heteroatoms. The van der Waals surface area contributed by atoms with Gasteiger partial charge in [-0.15, -0.1) is 0 Å². The average molecular weight is 249 g/mol. The molecule has 0 amide bonds. The Morgan fingerprint density at radius 2 is 2.44 bits per heavy atom. The third-order valence-corrected chi connectivity index (χ3v) is 3.41. The van der Waals surface area contributed by atoms with E-state index in [4.69, 9.17) is 10.5 Å². The number of nitrogen functional groups attached to an aromatic ring is 1. The zero-order chi connectivity index (χ0) is 13.0. The molecule has 0 saturated carbocycles. The van der Waals surface area contributed by atoms with Gasteiger partial charge in [-0.1, -0.05) is 6.42 Å². The lowest BCUT2D eigenvalue weighted by molar-refractivity contribution is -0.148. The number of methoxy groups -OCH3 is 1. The van der Waals surface area contributed by atoms with Gasteiger partial charge in [-0.05, 0) is 31.0 Å². The van der Waals surface area contributed by atoms with Crippen molar-refractivity contribution in [2.75, 3.05) is 19.4 Å². The minimum atomic E-state index is -0.151. The molecule has 0 bridgehead atoms. The van der Waals surface area contributed by atoms with Gasteiger partial charge in [0.25, 0.3) is 0 Å². The fraction of sp³-hybridized carbons (Fsp3) is 0.538. The number of nitrogens with two attached hydrogens (primary N) is 1. The van der Waals surface area contributed by atoms with E-state index < -0.39 is 0 Å². The second kappa shape index (κ2) is 5.82. The van der Waals surface area contributed by atoms with Gasteiger partial charge in [0.15, 0.2) is 0 Å². The quantitative estimate of drug-likeness (QED) is 0.815. The number of anilines is 1. The van der Waals surface area contributed by atoms with Crippen LogP contribution in [0.1, 0.15) is 24.8 Å². The topological polar surface area (TPSA) is 68.5 Å². The van der Waals surface area contributed by atoms with Crippen LogP contribution in [0.2, 0.25) is 0 Å². The van der Waals surface area contributed by atoms with E-state index in [1.165, 1.54) is 7.11 Å². The van der Waals surface area contributed by atoms with Gasteiger partial charge in [-0.2, -0.15) is 0 Å². The summed E-state index contributed by atoms with van der Waals surface area (Å²) < 4.78 is 4.86. The maximum atomic E-state index is 11.7. The van der Waals surface area contributed by atoms with E-state index in [1.807, 2.05) is 6.07 Å². The first-order chi connectivity index (χ1) is 8.72. The van der Waals surface area contributed by atoms with Gasteiger partial charge in [0, 0.05) is 12.7 Å². The first kappa shape index (κ1) is 12.8. The molecule has 1 aliphatic heterocycles. The first-order valence-electron chi connectivity index (χ1n) is 6.22. The highest BCUT2D eigenvalue weighted by atomic mass is 16.5. The standard InChI is InChI=1S/C13H19N3O2/c1-18-13(17)12-4-2-3-7-16(12)9-10-5-6-15-8-11(10)14/h5-6,8,12H,2-4,7,9,14H2,1H3. The van der Waals surface area contributed by atoms with Crippen molar-refractivity contribution in [3.63, 3.8) is 0 Å². The Morgan fingerprint density at radius 1 is 1.61 bits per heavy atom. The van der Waals surface area contributed by atoms with Gasteiger partial charge in [-0.25, -0.2) is 0 Å². The summed E-state index contributed by atoms with van der Waals surface area (Å²) in [4.78, 5) is 17.9. The van der Waals surface area contributed by atoms with Crippen molar-refractivity contribution in [3.05, 3.63) is 24.0 Å². The van der Waals surface area contributed by atoms with Gasteiger partial charge in [0.1, 0.15) is 6.04 Å². The molecule has 5 nitrogen and oxygen atoms in total. The molecule has 18 heavy (non-hydrogen) atoms. The summed E-state index contributed by atoms with van der Waals surface area (Å²) in [7, 11) is 1.44. The van der Waals surface area contributed by atoms with Crippen molar-refractivity contribution in [3.8, 4) is 0 Å². The van der Waals surface area contributed by atoms with Crippen molar-refractivity contribution in [1.82, 2.24) is 9.88 Å². The predicted molar refractivity (Wildman–Crippen MR) is 68.7 cm³/mol. The number of nitrogens with zero attached hydrogens (tertiary/aromatic N) is 2. The Balaban J connectivity index is 2.10. The molecule has 0 aliphatic carbocycles. The fourth-order valence-electron chi connectivity index (χ4n) is 2.38. The highest BCUT2D eigenvalue weighted by Crippen LogP contribution is 2.22. The van der Waals surface area contributed by atoms with Crippen LogP contribution >= 0.6 is 0 Å². The van der Waals surface area contributed by atoms with Gasteiger partial charge >= 0.3 is 5.97 Å². The normalized spacial score (nSPS) is 20.6. The van der Waals surface area contributed by atoms with Crippen molar-refractivity contribution in [1.29, 1.82) is 0 Å². The van der Waals surface area contributed by atoms with Crippen LogP contribution < -0.4 is 5.73 Å². The molecular weight excluding hydrogens is 230 g/mol.